The van der Waals surface area contributed by atoms with Gasteiger partial charge in [-0.25, -0.2) is 18.1 Å². The molecule has 1 fully saturated rings. The van der Waals surface area contributed by atoms with Crippen LogP contribution >= 0.6 is 11.6 Å². The molecule has 2 atom stereocenters. The number of halogens is 4. The summed E-state index contributed by atoms with van der Waals surface area (Å²) in [4.78, 5) is 5.44. The second kappa shape index (κ2) is 8.82. The van der Waals surface area contributed by atoms with Gasteiger partial charge in [-0.2, -0.15) is 17.5 Å². The van der Waals surface area contributed by atoms with E-state index in [-0.39, 0.29) is 16.5 Å². The molecule has 0 amide bonds. The molecule has 0 aromatic heterocycles. The van der Waals surface area contributed by atoms with Crippen molar-refractivity contribution in [2.75, 3.05) is 19.7 Å². The molecule has 13 heteroatoms. The second-order valence-corrected chi connectivity index (χ2v) is 9.50. The fourth-order valence-corrected chi connectivity index (χ4v) is 5.09. The number of sulfonamides is 1. The Morgan fingerprint density at radius 3 is 2.45 bits per heavy atom. The van der Waals surface area contributed by atoms with Crippen LogP contribution in [-0.2, 0) is 16.2 Å². The van der Waals surface area contributed by atoms with Gasteiger partial charge in [0.15, 0.2) is 5.69 Å². The van der Waals surface area contributed by atoms with Gasteiger partial charge in [0.1, 0.15) is 17.5 Å². The van der Waals surface area contributed by atoms with Gasteiger partial charge < -0.3 is 14.9 Å². The van der Waals surface area contributed by atoms with E-state index in [9.17, 15) is 31.8 Å². The zero-order valence-electron chi connectivity index (χ0n) is 16.5. The molecule has 2 N–H and O–H groups in total. The molecule has 1 saturated heterocycles. The standard InChI is InChI=1S/C20H15ClF3N3O5S/c1-25-13-4-5-16(14(21)8-13)32-18-9-27(10-19(18,29)11-28)33(30,31)17-6-3-12(20(22,23)24)7-15(17)26-2/h3-8,18,28-29H,9-11H2/t18-,19+/m0/s1. The van der Waals surface area contributed by atoms with Gasteiger partial charge in [-0.15, -0.1) is 0 Å². The van der Waals surface area contributed by atoms with Crippen molar-refractivity contribution < 1.29 is 36.5 Å². The molecule has 0 aliphatic carbocycles. The van der Waals surface area contributed by atoms with Crippen molar-refractivity contribution in [1.29, 1.82) is 0 Å². The number of hydrogen-bond acceptors (Lipinski definition) is 5. The SMILES string of the molecule is [C-]#[N+]c1ccc(O[C@H]2CN(S(=O)(=O)c3ccc(C(F)(F)F)cc3[N+]#[C-])C[C@@]2(O)CO)c(Cl)c1. The Morgan fingerprint density at radius 1 is 1.21 bits per heavy atom. The molecule has 0 unspecified atom stereocenters. The molecule has 8 nitrogen and oxygen atoms in total. The molecule has 1 aliphatic rings. The van der Waals surface area contributed by atoms with E-state index in [1.165, 1.54) is 18.2 Å². The fourth-order valence-electron chi connectivity index (χ4n) is 3.25. The predicted molar refractivity (Wildman–Crippen MR) is 111 cm³/mol. The van der Waals surface area contributed by atoms with Gasteiger partial charge in [0, 0.05) is 12.1 Å². The summed E-state index contributed by atoms with van der Waals surface area (Å²) in [7, 11) is -4.54. The number of β-amino-alcohol motifs (C(OH)–C–C–N with tert-alkyl or cyclic N) is 1. The first-order valence-electron chi connectivity index (χ1n) is 9.11. The van der Waals surface area contributed by atoms with E-state index in [1.807, 2.05) is 0 Å². The molecule has 3 rings (SSSR count). The second-order valence-electron chi connectivity index (χ2n) is 7.18. The summed E-state index contributed by atoms with van der Waals surface area (Å²) in [5.41, 5.74) is -3.77. The maximum atomic E-state index is 13.1. The van der Waals surface area contributed by atoms with Crippen LogP contribution in [0.2, 0.25) is 5.02 Å². The van der Waals surface area contributed by atoms with Gasteiger partial charge >= 0.3 is 6.18 Å². The molecule has 33 heavy (non-hydrogen) atoms. The van der Waals surface area contributed by atoms with Gasteiger partial charge in [0.05, 0.1) is 36.2 Å². The van der Waals surface area contributed by atoms with Crippen LogP contribution in [0.5, 0.6) is 5.75 Å². The highest BCUT2D eigenvalue weighted by Crippen LogP contribution is 2.39. The van der Waals surface area contributed by atoms with E-state index in [0.717, 1.165) is 0 Å². The maximum Gasteiger partial charge on any atom is 0.415 e. The van der Waals surface area contributed by atoms with E-state index >= 15 is 0 Å². The number of aliphatic hydroxyl groups is 2. The molecule has 2 aromatic carbocycles. The smallest absolute Gasteiger partial charge is 0.415 e. The van der Waals surface area contributed by atoms with Crippen molar-refractivity contribution in [1.82, 2.24) is 4.31 Å². The average molecular weight is 502 g/mol. The lowest BCUT2D eigenvalue weighted by molar-refractivity contribution is -0.137. The minimum Gasteiger partial charge on any atom is -0.484 e. The average Bonchev–Trinajstić information content (AvgIpc) is 3.11. The largest absolute Gasteiger partial charge is 0.484 e. The number of hydrogen-bond donors (Lipinski definition) is 2. The van der Waals surface area contributed by atoms with Crippen LogP contribution < -0.4 is 4.74 Å². The summed E-state index contributed by atoms with van der Waals surface area (Å²) >= 11 is 6.07. The number of alkyl halides is 3. The first kappa shape index (κ1) is 24.8. The molecule has 0 saturated carbocycles. The maximum absolute atomic E-state index is 13.1. The van der Waals surface area contributed by atoms with Crippen LogP contribution in [0.3, 0.4) is 0 Å². The van der Waals surface area contributed by atoms with Gasteiger partial charge in [-0.1, -0.05) is 29.8 Å². The summed E-state index contributed by atoms with van der Waals surface area (Å²) in [5.74, 6) is 0.0246. The molecule has 1 heterocycles. The summed E-state index contributed by atoms with van der Waals surface area (Å²) < 4.78 is 71.4. The topological polar surface area (TPSA) is 95.8 Å². The van der Waals surface area contributed by atoms with E-state index < -0.39 is 63.7 Å². The van der Waals surface area contributed by atoms with Crippen LogP contribution in [0.25, 0.3) is 9.69 Å². The third-order valence-corrected chi connectivity index (χ3v) is 7.19. The lowest BCUT2D eigenvalue weighted by Gasteiger charge is -2.27. The molecule has 0 spiro atoms. The Morgan fingerprint density at radius 2 is 1.91 bits per heavy atom. The monoisotopic (exact) mass is 501 g/mol. The van der Waals surface area contributed by atoms with Crippen LogP contribution in [0.1, 0.15) is 5.56 Å². The Hall–Kier alpha value is -2.87. The highest BCUT2D eigenvalue weighted by molar-refractivity contribution is 7.89. The first-order valence-corrected chi connectivity index (χ1v) is 10.9. The van der Waals surface area contributed by atoms with Gasteiger partial charge in [-0.05, 0) is 18.2 Å². The zero-order valence-corrected chi connectivity index (χ0v) is 18.1. The molecule has 2 aromatic rings. The number of aliphatic hydroxyl groups excluding tert-OH is 1. The van der Waals surface area contributed by atoms with Gasteiger partial charge in [0.25, 0.3) is 0 Å². The Labute approximate surface area is 192 Å². The van der Waals surface area contributed by atoms with Crippen LogP contribution in [-0.4, -0.2) is 54.3 Å². The number of benzene rings is 2. The Balaban J connectivity index is 1.95. The van der Waals surface area contributed by atoms with Crippen LogP contribution in [0.15, 0.2) is 41.3 Å². The van der Waals surface area contributed by atoms with Crippen molar-refractivity contribution in [3.8, 4) is 5.75 Å². The highest BCUT2D eigenvalue weighted by Gasteiger charge is 2.51. The molecular formula is C20H15ClF3N3O5S. The normalized spacial score (nSPS) is 21.4. The zero-order chi connectivity index (χ0) is 24.6. The third-order valence-electron chi connectivity index (χ3n) is 5.03. The molecule has 0 radical (unpaired) electrons. The third kappa shape index (κ3) is 4.76. The number of ether oxygens (including phenoxy) is 1. The lowest BCUT2D eigenvalue weighted by atomic mass is 10.0. The first-order chi connectivity index (χ1) is 15.4. The van der Waals surface area contributed by atoms with Crippen molar-refractivity contribution in [3.05, 3.63) is 69.8 Å². The minimum absolute atomic E-state index is 0.0168. The number of nitrogens with zero attached hydrogens (tertiary/aromatic N) is 3. The van der Waals surface area contributed by atoms with Crippen molar-refractivity contribution in [2.45, 2.75) is 22.8 Å². The summed E-state index contributed by atoms with van der Waals surface area (Å²) in [6.45, 7) is 12.1. The fraction of sp³-hybridized carbons (Fsp3) is 0.300. The summed E-state index contributed by atoms with van der Waals surface area (Å²) in [6, 6.07) is 5.69. The molecular weight excluding hydrogens is 487 g/mol. The summed E-state index contributed by atoms with van der Waals surface area (Å²) in [5, 5.41) is 20.5. The van der Waals surface area contributed by atoms with E-state index in [4.69, 9.17) is 29.5 Å². The molecule has 174 valence electrons. The lowest BCUT2D eigenvalue weighted by Crippen LogP contribution is -2.48. The van der Waals surface area contributed by atoms with E-state index in [2.05, 4.69) is 9.69 Å². The Bertz CT molecular complexity index is 1270. The van der Waals surface area contributed by atoms with Crippen LogP contribution in [0, 0.1) is 13.1 Å². The highest BCUT2D eigenvalue weighted by atomic mass is 35.5. The number of rotatable bonds is 5. The summed E-state index contributed by atoms with van der Waals surface area (Å²) in [6.07, 6.45) is -6.08. The van der Waals surface area contributed by atoms with Crippen molar-refractivity contribution in [3.63, 3.8) is 0 Å². The van der Waals surface area contributed by atoms with E-state index in [0.29, 0.717) is 22.5 Å². The van der Waals surface area contributed by atoms with Crippen molar-refractivity contribution >= 4 is 33.0 Å². The minimum atomic E-state index is -4.77. The van der Waals surface area contributed by atoms with Gasteiger partial charge in [-0.3, -0.25) is 0 Å². The van der Waals surface area contributed by atoms with Crippen LogP contribution in [0.4, 0.5) is 24.5 Å². The van der Waals surface area contributed by atoms with Crippen molar-refractivity contribution in [2.24, 2.45) is 0 Å². The van der Waals surface area contributed by atoms with E-state index in [1.54, 1.807) is 0 Å². The quantitative estimate of drug-likeness (QED) is 0.610. The molecule has 0 bridgehead atoms. The predicted octanol–water partition coefficient (Wildman–Crippen LogP) is 3.64. The molecule has 1 aliphatic heterocycles. The Kier molecular flexibility index (Phi) is 6.62. The van der Waals surface area contributed by atoms with Gasteiger partial charge in [0.2, 0.25) is 15.7 Å².